The van der Waals surface area contributed by atoms with E-state index in [4.69, 9.17) is 11.6 Å². The Morgan fingerprint density at radius 3 is 2.68 bits per heavy atom. The van der Waals surface area contributed by atoms with Crippen LogP contribution in [0.15, 0.2) is 24.3 Å². The van der Waals surface area contributed by atoms with Gasteiger partial charge < -0.3 is 14.9 Å². The molecule has 2 fully saturated rings. The molecule has 1 aromatic carbocycles. The van der Waals surface area contributed by atoms with Gasteiger partial charge in [-0.05, 0) is 49.8 Å². The van der Waals surface area contributed by atoms with Crippen LogP contribution in [0.5, 0.6) is 0 Å². The molecule has 0 saturated carbocycles. The van der Waals surface area contributed by atoms with E-state index in [9.17, 15) is 14.7 Å². The van der Waals surface area contributed by atoms with Crippen molar-refractivity contribution in [1.82, 2.24) is 9.80 Å². The van der Waals surface area contributed by atoms with Crippen LogP contribution in [0, 0.1) is 5.41 Å². The minimum absolute atomic E-state index is 0.0186. The molecule has 25 heavy (non-hydrogen) atoms. The summed E-state index contributed by atoms with van der Waals surface area (Å²) in [5.74, 6) is 0.147. The lowest BCUT2D eigenvalue weighted by Crippen LogP contribution is -2.53. The van der Waals surface area contributed by atoms with Gasteiger partial charge in [0.15, 0.2) is 0 Å². The predicted octanol–water partition coefficient (Wildman–Crippen LogP) is 2.57. The first-order chi connectivity index (χ1) is 11.9. The average molecular weight is 365 g/mol. The number of carbonyl (C=O) groups excluding carboxylic acids is 2. The lowest BCUT2D eigenvalue weighted by molar-refractivity contribution is -0.140. The van der Waals surface area contributed by atoms with Crippen LogP contribution in [0.4, 0.5) is 0 Å². The Morgan fingerprint density at radius 1 is 1.32 bits per heavy atom. The summed E-state index contributed by atoms with van der Waals surface area (Å²) in [6.07, 6.45) is 2.69. The molecular weight excluding hydrogens is 340 g/mol. The Morgan fingerprint density at radius 2 is 2.04 bits per heavy atom. The number of amides is 2. The SMILES string of the molecule is C[C@@H](O)CN1CC2(CCC1=O)CCN(C(=O)c1cccc(Cl)c1)CC2. The van der Waals surface area contributed by atoms with E-state index in [1.54, 1.807) is 36.1 Å². The molecule has 0 aliphatic carbocycles. The Balaban J connectivity index is 1.63. The van der Waals surface area contributed by atoms with Crippen molar-refractivity contribution < 1.29 is 14.7 Å². The predicted molar refractivity (Wildman–Crippen MR) is 96.5 cm³/mol. The first-order valence-corrected chi connectivity index (χ1v) is 9.27. The maximum atomic E-state index is 12.7. The van der Waals surface area contributed by atoms with Crippen molar-refractivity contribution in [2.45, 2.75) is 38.7 Å². The van der Waals surface area contributed by atoms with E-state index >= 15 is 0 Å². The number of benzene rings is 1. The molecule has 2 heterocycles. The number of aliphatic hydroxyl groups excluding tert-OH is 1. The molecule has 0 aromatic heterocycles. The van der Waals surface area contributed by atoms with Crippen molar-refractivity contribution in [3.05, 3.63) is 34.9 Å². The summed E-state index contributed by atoms with van der Waals surface area (Å²) < 4.78 is 0. The number of halogens is 1. The Kier molecular flexibility index (Phi) is 5.35. The van der Waals surface area contributed by atoms with Crippen molar-refractivity contribution in [2.24, 2.45) is 5.41 Å². The molecule has 0 radical (unpaired) electrons. The highest BCUT2D eigenvalue weighted by molar-refractivity contribution is 6.30. The van der Waals surface area contributed by atoms with Gasteiger partial charge in [0.05, 0.1) is 6.10 Å². The third-order valence-electron chi connectivity index (χ3n) is 5.42. The number of piperidine rings is 2. The minimum atomic E-state index is -0.511. The molecule has 5 nitrogen and oxygen atoms in total. The van der Waals surface area contributed by atoms with Crippen LogP contribution in [0.1, 0.15) is 43.0 Å². The summed E-state index contributed by atoms with van der Waals surface area (Å²) in [6, 6.07) is 7.06. The summed E-state index contributed by atoms with van der Waals surface area (Å²) >= 11 is 5.99. The van der Waals surface area contributed by atoms with Gasteiger partial charge in [-0.15, -0.1) is 0 Å². The smallest absolute Gasteiger partial charge is 0.253 e. The quantitative estimate of drug-likeness (QED) is 0.896. The van der Waals surface area contributed by atoms with Crippen molar-refractivity contribution in [2.75, 3.05) is 26.2 Å². The Hall–Kier alpha value is -1.59. The van der Waals surface area contributed by atoms with Crippen molar-refractivity contribution in [3.63, 3.8) is 0 Å². The van der Waals surface area contributed by atoms with Gasteiger partial charge in [-0.2, -0.15) is 0 Å². The lowest BCUT2D eigenvalue weighted by Gasteiger charge is -2.47. The van der Waals surface area contributed by atoms with Gasteiger partial charge in [-0.3, -0.25) is 9.59 Å². The van der Waals surface area contributed by atoms with Crippen LogP contribution < -0.4 is 0 Å². The molecule has 6 heteroatoms. The molecule has 2 aliphatic rings. The molecule has 136 valence electrons. The van der Waals surface area contributed by atoms with Gasteiger partial charge in [0.25, 0.3) is 5.91 Å². The zero-order valence-corrected chi connectivity index (χ0v) is 15.3. The summed E-state index contributed by atoms with van der Waals surface area (Å²) in [7, 11) is 0. The second-order valence-electron chi connectivity index (χ2n) is 7.43. The number of hydrogen-bond donors (Lipinski definition) is 1. The molecule has 2 aliphatic heterocycles. The minimum Gasteiger partial charge on any atom is -0.392 e. The fourth-order valence-electron chi connectivity index (χ4n) is 3.98. The molecule has 1 spiro atoms. The molecule has 1 atom stereocenters. The summed E-state index contributed by atoms with van der Waals surface area (Å²) in [5.41, 5.74) is 0.700. The third-order valence-corrected chi connectivity index (χ3v) is 5.65. The fraction of sp³-hybridized carbons (Fsp3) is 0.579. The second-order valence-corrected chi connectivity index (χ2v) is 7.86. The molecule has 2 saturated heterocycles. The van der Waals surface area contributed by atoms with Crippen molar-refractivity contribution in [3.8, 4) is 0 Å². The Labute approximate surface area is 153 Å². The topological polar surface area (TPSA) is 60.9 Å². The molecule has 2 amide bonds. The van der Waals surface area contributed by atoms with E-state index in [2.05, 4.69) is 0 Å². The van der Waals surface area contributed by atoms with Crippen LogP contribution in [-0.2, 0) is 4.79 Å². The van der Waals surface area contributed by atoms with E-state index in [-0.39, 0.29) is 17.2 Å². The van der Waals surface area contributed by atoms with Gasteiger partial charge in [0.2, 0.25) is 5.91 Å². The van der Waals surface area contributed by atoms with Crippen LogP contribution in [-0.4, -0.2) is 59.0 Å². The van der Waals surface area contributed by atoms with E-state index in [1.165, 1.54) is 0 Å². The van der Waals surface area contributed by atoms with E-state index in [0.717, 1.165) is 19.3 Å². The second kappa shape index (κ2) is 7.34. The number of likely N-dealkylation sites (tertiary alicyclic amines) is 2. The molecule has 0 unspecified atom stereocenters. The van der Waals surface area contributed by atoms with Crippen LogP contribution >= 0.6 is 11.6 Å². The van der Waals surface area contributed by atoms with Crippen molar-refractivity contribution in [1.29, 1.82) is 0 Å². The Bertz CT molecular complexity index is 654. The number of carbonyl (C=O) groups is 2. The van der Waals surface area contributed by atoms with Gasteiger partial charge in [0, 0.05) is 43.2 Å². The number of β-amino-alcohol motifs (C(OH)–C–C–N with tert-alkyl or cyclic N) is 1. The standard InChI is InChI=1S/C19H25ClN2O3/c1-14(23)12-22-13-19(6-5-17(22)24)7-9-21(10-8-19)18(25)15-3-2-4-16(20)11-15/h2-4,11,14,23H,5-10,12-13H2,1H3/t14-/m1/s1. The maximum absolute atomic E-state index is 12.7. The normalized spacial score (nSPS) is 21.5. The van der Waals surface area contributed by atoms with Crippen LogP contribution in [0.3, 0.4) is 0 Å². The molecule has 1 aromatic rings. The number of nitrogens with zero attached hydrogens (tertiary/aromatic N) is 2. The third kappa shape index (κ3) is 4.15. The average Bonchev–Trinajstić information content (AvgIpc) is 2.58. The van der Waals surface area contributed by atoms with E-state index < -0.39 is 6.10 Å². The lowest BCUT2D eigenvalue weighted by atomic mass is 9.72. The monoisotopic (exact) mass is 364 g/mol. The highest BCUT2D eigenvalue weighted by Crippen LogP contribution is 2.40. The fourth-order valence-corrected chi connectivity index (χ4v) is 4.17. The van der Waals surface area contributed by atoms with E-state index in [1.807, 2.05) is 4.90 Å². The highest BCUT2D eigenvalue weighted by Gasteiger charge is 2.41. The highest BCUT2D eigenvalue weighted by atomic mass is 35.5. The van der Waals surface area contributed by atoms with Gasteiger partial charge in [-0.25, -0.2) is 0 Å². The summed E-state index contributed by atoms with van der Waals surface area (Å²) in [4.78, 5) is 28.4. The van der Waals surface area contributed by atoms with Gasteiger partial charge in [-0.1, -0.05) is 17.7 Å². The first-order valence-electron chi connectivity index (χ1n) is 8.89. The van der Waals surface area contributed by atoms with E-state index in [0.29, 0.717) is 43.2 Å². The zero-order chi connectivity index (χ0) is 18.0. The van der Waals surface area contributed by atoms with Gasteiger partial charge in [0.1, 0.15) is 0 Å². The zero-order valence-electron chi connectivity index (χ0n) is 14.6. The summed E-state index contributed by atoms with van der Waals surface area (Å²) in [6.45, 7) is 4.19. The molecule has 1 N–H and O–H groups in total. The largest absolute Gasteiger partial charge is 0.392 e. The number of aliphatic hydroxyl groups is 1. The first kappa shape index (κ1) is 18.2. The number of rotatable bonds is 3. The molecule has 3 rings (SSSR count). The summed E-state index contributed by atoms with van der Waals surface area (Å²) in [5, 5.41) is 10.2. The maximum Gasteiger partial charge on any atom is 0.253 e. The number of hydrogen-bond acceptors (Lipinski definition) is 3. The van der Waals surface area contributed by atoms with Crippen LogP contribution in [0.25, 0.3) is 0 Å². The van der Waals surface area contributed by atoms with Crippen molar-refractivity contribution >= 4 is 23.4 Å². The van der Waals surface area contributed by atoms with Gasteiger partial charge >= 0.3 is 0 Å². The molecule has 0 bridgehead atoms. The van der Waals surface area contributed by atoms with Crippen LogP contribution in [0.2, 0.25) is 5.02 Å². The molecular formula is C19H25ClN2O3.